The molecule has 0 atom stereocenters. The molecule has 1 saturated heterocycles. The summed E-state index contributed by atoms with van der Waals surface area (Å²) in [6, 6.07) is 0.568. The zero-order valence-electron chi connectivity index (χ0n) is 13.5. The van der Waals surface area contributed by atoms with E-state index in [1.54, 1.807) is 11.2 Å². The first-order valence-electron chi connectivity index (χ1n) is 9.10. The topological polar surface area (TPSA) is 49.8 Å². The molecule has 1 saturated carbocycles. The van der Waals surface area contributed by atoms with Crippen molar-refractivity contribution in [1.29, 1.82) is 0 Å². The van der Waals surface area contributed by atoms with Gasteiger partial charge in [0.1, 0.15) is 17.0 Å². The number of hydrogen-bond acceptors (Lipinski definition) is 5. The van der Waals surface area contributed by atoms with Crippen molar-refractivity contribution in [2.24, 2.45) is 0 Å². The van der Waals surface area contributed by atoms with Crippen LogP contribution in [-0.2, 0) is 12.8 Å². The van der Waals surface area contributed by atoms with E-state index < -0.39 is 0 Å². The lowest BCUT2D eigenvalue weighted by molar-refractivity contribution is 0.252. The van der Waals surface area contributed by atoms with E-state index in [2.05, 4.69) is 20.6 Å². The predicted octanol–water partition coefficient (Wildman–Crippen LogP) is 3.66. The van der Waals surface area contributed by atoms with E-state index in [4.69, 9.17) is 0 Å². The van der Waals surface area contributed by atoms with E-state index in [0.717, 1.165) is 5.82 Å². The molecule has 0 unspecified atom stereocenters. The number of nitrogens with one attached hydrogen (secondary N) is 2. The first-order chi connectivity index (χ1) is 11.3. The second-order valence-electron chi connectivity index (χ2n) is 7.49. The van der Waals surface area contributed by atoms with Gasteiger partial charge in [-0.2, -0.15) is 0 Å². The molecule has 23 heavy (non-hydrogen) atoms. The van der Waals surface area contributed by atoms with Gasteiger partial charge in [0.15, 0.2) is 0 Å². The molecule has 5 heteroatoms. The minimum Gasteiger partial charge on any atom is -0.367 e. The Hall–Kier alpha value is -1.20. The van der Waals surface area contributed by atoms with Crippen molar-refractivity contribution in [1.82, 2.24) is 15.3 Å². The zero-order valence-corrected chi connectivity index (χ0v) is 14.3. The van der Waals surface area contributed by atoms with Gasteiger partial charge in [-0.3, -0.25) is 0 Å². The number of fused-ring (bicyclic) bond motifs is 3. The summed E-state index contributed by atoms with van der Waals surface area (Å²) in [4.78, 5) is 11.8. The summed E-state index contributed by atoms with van der Waals surface area (Å²) in [5, 5.41) is 8.86. The average Bonchev–Trinajstić information content (AvgIpc) is 3.26. The Balaban J connectivity index is 1.38. The van der Waals surface area contributed by atoms with Crippen LogP contribution >= 0.6 is 11.3 Å². The fourth-order valence-electron chi connectivity index (χ4n) is 4.84. The molecule has 2 N–H and O–H groups in total. The van der Waals surface area contributed by atoms with Gasteiger partial charge in [-0.15, -0.1) is 11.3 Å². The standard InChI is InChI=1S/C18H24N4S/c1-3-13-14(4-1)23-17-15(13)16(19-11-20-17)22-12-5-8-18(9-6-12)7-2-10-21-18/h11-12,21H,1-10H2,(H,19,20,22). The third-order valence-electron chi connectivity index (χ3n) is 6.12. The summed E-state index contributed by atoms with van der Waals surface area (Å²) >= 11 is 1.88. The number of nitrogens with zero attached hydrogens (tertiary/aromatic N) is 2. The van der Waals surface area contributed by atoms with Gasteiger partial charge in [-0.05, 0) is 69.9 Å². The SMILES string of the molecule is c1nc(NC2CCC3(CCCN3)CC2)c2c3c(sc2n1)CCC3. The van der Waals surface area contributed by atoms with Crippen LogP contribution in [0.1, 0.15) is 55.4 Å². The smallest absolute Gasteiger partial charge is 0.138 e. The second kappa shape index (κ2) is 5.42. The van der Waals surface area contributed by atoms with Gasteiger partial charge in [-0.25, -0.2) is 9.97 Å². The number of aryl methyl sites for hydroxylation is 2. The van der Waals surface area contributed by atoms with Crippen molar-refractivity contribution >= 4 is 27.4 Å². The summed E-state index contributed by atoms with van der Waals surface area (Å²) < 4.78 is 0. The van der Waals surface area contributed by atoms with Crippen molar-refractivity contribution in [2.75, 3.05) is 11.9 Å². The van der Waals surface area contributed by atoms with Crippen LogP contribution in [0.4, 0.5) is 5.82 Å². The molecule has 2 aliphatic carbocycles. The number of rotatable bonds is 2. The molecule has 122 valence electrons. The molecule has 0 amide bonds. The fourth-order valence-corrected chi connectivity index (χ4v) is 6.07. The van der Waals surface area contributed by atoms with Crippen LogP contribution in [0.3, 0.4) is 0 Å². The first kappa shape index (κ1) is 14.2. The maximum Gasteiger partial charge on any atom is 0.138 e. The summed E-state index contributed by atoms with van der Waals surface area (Å²) in [5.41, 5.74) is 1.99. The Morgan fingerprint density at radius 2 is 2.04 bits per heavy atom. The maximum atomic E-state index is 4.61. The summed E-state index contributed by atoms with van der Waals surface area (Å²) in [5.74, 6) is 1.09. The van der Waals surface area contributed by atoms with Crippen LogP contribution in [0.2, 0.25) is 0 Å². The molecule has 3 aliphatic rings. The van der Waals surface area contributed by atoms with Crippen molar-refractivity contribution in [3.05, 3.63) is 16.8 Å². The van der Waals surface area contributed by atoms with E-state index in [1.165, 1.54) is 80.1 Å². The molecule has 1 spiro atoms. The highest BCUT2D eigenvalue weighted by Gasteiger charge is 2.37. The van der Waals surface area contributed by atoms with Crippen LogP contribution < -0.4 is 10.6 Å². The van der Waals surface area contributed by atoms with Gasteiger partial charge in [0.25, 0.3) is 0 Å². The van der Waals surface area contributed by atoms with Gasteiger partial charge in [-0.1, -0.05) is 0 Å². The molecule has 3 heterocycles. The number of thiophene rings is 1. The zero-order chi connectivity index (χ0) is 15.3. The highest BCUT2D eigenvalue weighted by atomic mass is 32.1. The van der Waals surface area contributed by atoms with Crippen LogP contribution in [0.25, 0.3) is 10.2 Å². The molecule has 4 nitrogen and oxygen atoms in total. The average molecular weight is 328 g/mol. The molecular formula is C18H24N4S. The lowest BCUT2D eigenvalue weighted by atomic mass is 9.78. The molecule has 1 aliphatic heterocycles. The Bertz CT molecular complexity index is 722. The van der Waals surface area contributed by atoms with Crippen molar-refractivity contribution < 1.29 is 0 Å². The van der Waals surface area contributed by atoms with Crippen molar-refractivity contribution in [3.63, 3.8) is 0 Å². The monoisotopic (exact) mass is 328 g/mol. The Kier molecular flexibility index (Phi) is 3.34. The van der Waals surface area contributed by atoms with Gasteiger partial charge < -0.3 is 10.6 Å². The Morgan fingerprint density at radius 3 is 2.87 bits per heavy atom. The van der Waals surface area contributed by atoms with Crippen LogP contribution in [0.5, 0.6) is 0 Å². The van der Waals surface area contributed by atoms with E-state index >= 15 is 0 Å². The highest BCUT2D eigenvalue weighted by Crippen LogP contribution is 2.40. The van der Waals surface area contributed by atoms with Crippen molar-refractivity contribution in [3.8, 4) is 0 Å². The van der Waals surface area contributed by atoms with Crippen LogP contribution in [-0.4, -0.2) is 28.1 Å². The predicted molar refractivity (Wildman–Crippen MR) is 95.3 cm³/mol. The minimum atomic E-state index is 0.461. The van der Waals surface area contributed by atoms with Gasteiger partial charge in [0, 0.05) is 16.5 Å². The molecule has 0 radical (unpaired) electrons. The van der Waals surface area contributed by atoms with Crippen molar-refractivity contribution in [2.45, 2.75) is 69.4 Å². The molecule has 5 rings (SSSR count). The van der Waals surface area contributed by atoms with Gasteiger partial charge in [0.05, 0.1) is 5.39 Å². The normalized spacial score (nSPS) is 30.2. The van der Waals surface area contributed by atoms with E-state index in [1.807, 2.05) is 11.3 Å². The molecule has 2 aromatic rings. The largest absolute Gasteiger partial charge is 0.367 e. The summed E-state index contributed by atoms with van der Waals surface area (Å²) in [6.45, 7) is 1.21. The third-order valence-corrected chi connectivity index (χ3v) is 7.32. The second-order valence-corrected chi connectivity index (χ2v) is 8.57. The van der Waals surface area contributed by atoms with Gasteiger partial charge >= 0.3 is 0 Å². The first-order valence-corrected chi connectivity index (χ1v) is 9.91. The highest BCUT2D eigenvalue weighted by molar-refractivity contribution is 7.19. The van der Waals surface area contributed by atoms with E-state index in [9.17, 15) is 0 Å². The van der Waals surface area contributed by atoms with E-state index in [-0.39, 0.29) is 0 Å². The van der Waals surface area contributed by atoms with Gasteiger partial charge in [0.2, 0.25) is 0 Å². The summed E-state index contributed by atoms with van der Waals surface area (Å²) in [6.07, 6.45) is 13.3. The molecule has 0 aromatic carbocycles. The third kappa shape index (κ3) is 2.36. The Morgan fingerprint density at radius 1 is 1.13 bits per heavy atom. The lowest BCUT2D eigenvalue weighted by Gasteiger charge is -2.38. The molecule has 2 aromatic heterocycles. The quantitative estimate of drug-likeness (QED) is 0.883. The minimum absolute atomic E-state index is 0.461. The molecular weight excluding hydrogens is 304 g/mol. The summed E-state index contributed by atoms with van der Waals surface area (Å²) in [7, 11) is 0. The Labute approximate surface area is 141 Å². The van der Waals surface area contributed by atoms with E-state index in [0.29, 0.717) is 11.6 Å². The number of anilines is 1. The molecule has 2 fully saturated rings. The maximum absolute atomic E-state index is 4.61. The van der Waals surface area contributed by atoms with Crippen LogP contribution in [0, 0.1) is 0 Å². The van der Waals surface area contributed by atoms with Crippen LogP contribution in [0.15, 0.2) is 6.33 Å². The number of hydrogen-bond donors (Lipinski definition) is 2. The molecule has 0 bridgehead atoms. The lowest BCUT2D eigenvalue weighted by Crippen LogP contribution is -2.45. The number of aromatic nitrogens is 2. The fraction of sp³-hybridized carbons (Fsp3) is 0.667.